The van der Waals surface area contributed by atoms with Gasteiger partial charge >= 0.3 is 17.9 Å². The van der Waals surface area contributed by atoms with E-state index in [0.29, 0.717) is 31.6 Å². The third-order valence-corrected chi connectivity index (χ3v) is 3.35. The average Bonchev–Trinajstić information content (AvgIpc) is 2.62. The van der Waals surface area contributed by atoms with E-state index in [1.54, 1.807) is 13.8 Å². The summed E-state index contributed by atoms with van der Waals surface area (Å²) in [6.07, 6.45) is 2.41. The standard InChI is InChI=1S/C19H30O8/c1-5-24-12-16(13-26-19(23)15(4)20)27-17(21)10-8-6-7-9-11-25-18(22)14(2)3/h16H,2,5-13H2,1,3-4H3. The first kappa shape index (κ1) is 24.8. The maximum Gasteiger partial charge on any atom is 0.374 e. The summed E-state index contributed by atoms with van der Waals surface area (Å²) in [6, 6.07) is 0. The van der Waals surface area contributed by atoms with Crippen molar-refractivity contribution in [2.24, 2.45) is 0 Å². The minimum atomic E-state index is -0.972. The Bertz CT molecular complexity index is 512. The van der Waals surface area contributed by atoms with E-state index in [1.165, 1.54) is 0 Å². The van der Waals surface area contributed by atoms with Gasteiger partial charge in [0.15, 0.2) is 6.10 Å². The smallest absolute Gasteiger partial charge is 0.374 e. The van der Waals surface area contributed by atoms with E-state index in [-0.39, 0.29) is 19.6 Å². The van der Waals surface area contributed by atoms with Crippen LogP contribution in [0.1, 0.15) is 52.9 Å². The second-order valence-corrected chi connectivity index (χ2v) is 6.01. The van der Waals surface area contributed by atoms with Crippen molar-refractivity contribution in [1.82, 2.24) is 0 Å². The fraction of sp³-hybridized carbons (Fsp3) is 0.684. The highest BCUT2D eigenvalue weighted by molar-refractivity contribution is 6.32. The van der Waals surface area contributed by atoms with Crippen molar-refractivity contribution in [3.05, 3.63) is 12.2 Å². The van der Waals surface area contributed by atoms with Gasteiger partial charge in [-0.05, 0) is 26.7 Å². The lowest BCUT2D eigenvalue weighted by Crippen LogP contribution is -2.31. The van der Waals surface area contributed by atoms with E-state index in [2.05, 4.69) is 6.58 Å². The highest BCUT2D eigenvalue weighted by Crippen LogP contribution is 2.07. The first-order chi connectivity index (χ1) is 12.8. The minimum absolute atomic E-state index is 0.0848. The van der Waals surface area contributed by atoms with Gasteiger partial charge in [-0.15, -0.1) is 0 Å². The number of ether oxygens (including phenoxy) is 4. The molecule has 0 N–H and O–H groups in total. The van der Waals surface area contributed by atoms with Gasteiger partial charge in [-0.25, -0.2) is 9.59 Å². The van der Waals surface area contributed by atoms with Crippen molar-refractivity contribution < 1.29 is 38.1 Å². The molecule has 0 aliphatic rings. The van der Waals surface area contributed by atoms with E-state index < -0.39 is 29.8 Å². The summed E-state index contributed by atoms with van der Waals surface area (Å²) in [5, 5.41) is 0. The molecule has 0 aromatic rings. The van der Waals surface area contributed by atoms with Crippen molar-refractivity contribution >= 4 is 23.7 Å². The van der Waals surface area contributed by atoms with Crippen LogP contribution in [0.4, 0.5) is 0 Å². The van der Waals surface area contributed by atoms with Crippen molar-refractivity contribution in [2.45, 2.75) is 59.0 Å². The molecule has 0 aromatic heterocycles. The molecule has 0 amide bonds. The van der Waals surface area contributed by atoms with Crippen LogP contribution in [0, 0.1) is 0 Å². The molecule has 0 bridgehead atoms. The molecule has 0 aliphatic heterocycles. The van der Waals surface area contributed by atoms with Gasteiger partial charge in [0.05, 0.1) is 13.2 Å². The summed E-state index contributed by atoms with van der Waals surface area (Å²) >= 11 is 0. The summed E-state index contributed by atoms with van der Waals surface area (Å²) in [4.78, 5) is 45.1. The fourth-order valence-corrected chi connectivity index (χ4v) is 1.89. The molecule has 0 fully saturated rings. The number of ketones is 1. The van der Waals surface area contributed by atoms with Crippen molar-refractivity contribution in [3.8, 4) is 0 Å². The molecule has 0 aliphatic carbocycles. The molecule has 1 unspecified atom stereocenters. The minimum Gasteiger partial charge on any atom is -0.462 e. The molecule has 0 radical (unpaired) electrons. The molecule has 8 nitrogen and oxygen atoms in total. The quantitative estimate of drug-likeness (QED) is 0.139. The molecule has 0 aromatic carbocycles. The molecule has 0 spiro atoms. The zero-order chi connectivity index (χ0) is 20.7. The second-order valence-electron chi connectivity index (χ2n) is 6.01. The van der Waals surface area contributed by atoms with Crippen molar-refractivity contribution in [2.75, 3.05) is 26.4 Å². The van der Waals surface area contributed by atoms with Gasteiger partial charge in [0.25, 0.3) is 0 Å². The predicted octanol–water partition coefficient (Wildman–Crippen LogP) is 2.14. The third-order valence-electron chi connectivity index (χ3n) is 3.35. The van der Waals surface area contributed by atoms with Crippen LogP contribution < -0.4 is 0 Å². The molecular weight excluding hydrogens is 356 g/mol. The van der Waals surface area contributed by atoms with E-state index in [4.69, 9.17) is 18.9 Å². The summed E-state index contributed by atoms with van der Waals surface area (Å²) in [6.45, 7) is 8.59. The second kappa shape index (κ2) is 14.9. The van der Waals surface area contributed by atoms with Gasteiger partial charge in [-0.3, -0.25) is 9.59 Å². The largest absolute Gasteiger partial charge is 0.462 e. The van der Waals surface area contributed by atoms with Crippen LogP contribution in [0.25, 0.3) is 0 Å². The van der Waals surface area contributed by atoms with E-state index in [9.17, 15) is 19.2 Å². The summed E-state index contributed by atoms with van der Waals surface area (Å²) in [7, 11) is 0. The number of hydrogen-bond donors (Lipinski definition) is 0. The van der Waals surface area contributed by atoms with Crippen LogP contribution in [0.2, 0.25) is 0 Å². The number of Topliss-reactive ketones (excluding diaryl/α,β-unsaturated/α-hetero) is 1. The normalized spacial score (nSPS) is 11.4. The van der Waals surface area contributed by atoms with Crippen molar-refractivity contribution in [1.29, 1.82) is 0 Å². The zero-order valence-electron chi connectivity index (χ0n) is 16.4. The number of esters is 3. The molecule has 1 atom stereocenters. The van der Waals surface area contributed by atoms with Crippen LogP contribution in [0.5, 0.6) is 0 Å². The number of unbranched alkanes of at least 4 members (excludes halogenated alkanes) is 3. The molecule has 0 saturated heterocycles. The highest BCUT2D eigenvalue weighted by atomic mass is 16.6. The van der Waals surface area contributed by atoms with Crippen molar-refractivity contribution in [3.63, 3.8) is 0 Å². The van der Waals surface area contributed by atoms with Crippen LogP contribution >= 0.6 is 0 Å². The highest BCUT2D eigenvalue weighted by Gasteiger charge is 2.18. The zero-order valence-corrected chi connectivity index (χ0v) is 16.4. The lowest BCUT2D eigenvalue weighted by molar-refractivity contribution is -0.164. The Kier molecular flexibility index (Phi) is 13.7. The Labute approximate surface area is 160 Å². The number of carbonyl (C=O) groups excluding carboxylic acids is 4. The first-order valence-corrected chi connectivity index (χ1v) is 9.05. The average molecular weight is 386 g/mol. The van der Waals surface area contributed by atoms with E-state index in [1.807, 2.05) is 0 Å². The van der Waals surface area contributed by atoms with Gasteiger partial charge in [0, 0.05) is 25.5 Å². The Morgan fingerprint density at radius 1 is 0.889 bits per heavy atom. The first-order valence-electron chi connectivity index (χ1n) is 9.05. The van der Waals surface area contributed by atoms with Crippen LogP contribution in [-0.4, -0.2) is 56.2 Å². The Morgan fingerprint density at radius 3 is 2.15 bits per heavy atom. The maximum absolute atomic E-state index is 11.9. The summed E-state index contributed by atoms with van der Waals surface area (Å²) in [5.41, 5.74) is 0.369. The number of rotatable bonds is 15. The van der Waals surface area contributed by atoms with Gasteiger partial charge in [-0.1, -0.05) is 19.4 Å². The Morgan fingerprint density at radius 2 is 1.56 bits per heavy atom. The Hall–Kier alpha value is -2.22. The van der Waals surface area contributed by atoms with Gasteiger partial charge in [-0.2, -0.15) is 0 Å². The lowest BCUT2D eigenvalue weighted by Gasteiger charge is -2.17. The maximum atomic E-state index is 11.9. The van der Waals surface area contributed by atoms with E-state index in [0.717, 1.165) is 19.8 Å². The topological polar surface area (TPSA) is 105 Å². The molecule has 0 heterocycles. The van der Waals surface area contributed by atoms with Gasteiger partial charge < -0.3 is 18.9 Å². The molecule has 0 rings (SSSR count). The third kappa shape index (κ3) is 13.6. The van der Waals surface area contributed by atoms with E-state index >= 15 is 0 Å². The van der Waals surface area contributed by atoms with Crippen LogP contribution in [0.15, 0.2) is 12.2 Å². The number of hydrogen-bond acceptors (Lipinski definition) is 8. The molecule has 27 heavy (non-hydrogen) atoms. The number of carbonyl (C=O) groups is 4. The SMILES string of the molecule is C=C(C)C(=O)OCCCCCCC(=O)OC(COCC)COC(=O)C(C)=O. The predicted molar refractivity (Wildman–Crippen MR) is 96.9 cm³/mol. The summed E-state index contributed by atoms with van der Waals surface area (Å²) < 4.78 is 20.2. The monoisotopic (exact) mass is 386 g/mol. The fourth-order valence-electron chi connectivity index (χ4n) is 1.89. The van der Waals surface area contributed by atoms with Crippen LogP contribution in [0.3, 0.4) is 0 Å². The van der Waals surface area contributed by atoms with Gasteiger partial charge in [0.2, 0.25) is 5.78 Å². The lowest BCUT2D eigenvalue weighted by atomic mass is 10.1. The van der Waals surface area contributed by atoms with Crippen LogP contribution in [-0.2, 0) is 38.1 Å². The summed E-state index contributed by atoms with van der Waals surface area (Å²) in [5.74, 6) is -2.51. The molecule has 0 saturated carbocycles. The molecule has 8 heteroatoms. The Balaban J connectivity index is 3.97. The van der Waals surface area contributed by atoms with Gasteiger partial charge in [0.1, 0.15) is 6.61 Å². The molecule has 154 valence electrons. The molecular formula is C19H30O8.